The molecule has 0 saturated heterocycles. The van der Waals surface area contributed by atoms with E-state index in [9.17, 15) is 17.6 Å². The number of sulfone groups is 1. The van der Waals surface area contributed by atoms with Crippen LogP contribution in [0.5, 0.6) is 0 Å². The van der Waals surface area contributed by atoms with Crippen LogP contribution in [-0.4, -0.2) is 21.0 Å². The van der Waals surface area contributed by atoms with Gasteiger partial charge in [-0.25, -0.2) is 12.8 Å². The maximum absolute atomic E-state index is 13.0. The van der Waals surface area contributed by atoms with Crippen molar-refractivity contribution in [3.05, 3.63) is 65.5 Å². The van der Waals surface area contributed by atoms with E-state index in [-0.39, 0.29) is 15.5 Å². The van der Waals surface area contributed by atoms with Crippen LogP contribution in [0.1, 0.15) is 21.9 Å². The molecule has 6 heteroatoms. The van der Waals surface area contributed by atoms with Gasteiger partial charge in [0.2, 0.25) is 0 Å². The second-order valence-corrected chi connectivity index (χ2v) is 7.96. The largest absolute Gasteiger partial charge is 0.303 e. The van der Waals surface area contributed by atoms with Crippen LogP contribution in [0.3, 0.4) is 0 Å². The molecule has 2 aromatic carbocycles. The number of carbonyl (C=O) groups excluding carboxylic acids is 1. The highest BCUT2D eigenvalue weighted by atomic mass is 79.9. The molecule has 0 radical (unpaired) electrons. The van der Waals surface area contributed by atoms with Crippen LogP contribution in [-0.2, 0) is 14.6 Å². The van der Waals surface area contributed by atoms with Crippen LogP contribution in [0.4, 0.5) is 4.39 Å². The van der Waals surface area contributed by atoms with Gasteiger partial charge in [-0.1, -0.05) is 40.2 Å². The summed E-state index contributed by atoms with van der Waals surface area (Å²) in [6.07, 6.45) is 1.93. The van der Waals surface area contributed by atoms with E-state index in [1.807, 2.05) is 0 Å². The fourth-order valence-electron chi connectivity index (χ4n) is 2.11. The Labute approximate surface area is 137 Å². The molecule has 2 atom stereocenters. The summed E-state index contributed by atoms with van der Waals surface area (Å²) in [7, 11) is -3.25. The monoisotopic (exact) mass is 384 g/mol. The molecule has 116 valence electrons. The first kappa shape index (κ1) is 16.8. The molecular formula is C16H14BrFO3S. The molecule has 0 saturated carbocycles. The molecule has 2 rings (SSSR count). The lowest BCUT2D eigenvalue weighted by atomic mass is 9.93. The lowest BCUT2D eigenvalue weighted by molar-refractivity contribution is -0.109. The molecule has 0 aliphatic rings. The number of alkyl halides is 1. The summed E-state index contributed by atoms with van der Waals surface area (Å²) < 4.78 is 35.9. The van der Waals surface area contributed by atoms with E-state index in [2.05, 4.69) is 15.9 Å². The summed E-state index contributed by atoms with van der Waals surface area (Å²) in [6.45, 7) is 0. The summed E-state index contributed by atoms with van der Waals surface area (Å²) in [5.41, 5.74) is 1.46. The van der Waals surface area contributed by atoms with Crippen molar-refractivity contribution < 1.29 is 17.6 Å². The standard InChI is InChI=1S/C16H14BrFO3S/c1-22(20,21)14-8-4-12(5-9-14)16(17)15(10-19)11-2-6-13(18)7-3-11/h2-10,15-16H,1H3. The van der Waals surface area contributed by atoms with E-state index < -0.39 is 15.8 Å². The zero-order valence-electron chi connectivity index (χ0n) is 11.7. The Morgan fingerprint density at radius 3 is 1.95 bits per heavy atom. The summed E-state index contributed by atoms with van der Waals surface area (Å²) in [5.74, 6) is -0.860. The molecule has 0 amide bonds. The van der Waals surface area contributed by atoms with Gasteiger partial charge >= 0.3 is 0 Å². The van der Waals surface area contributed by atoms with Gasteiger partial charge in [0, 0.05) is 6.26 Å². The summed E-state index contributed by atoms with van der Waals surface area (Å²) in [4.78, 5) is 11.3. The summed E-state index contributed by atoms with van der Waals surface area (Å²) in [6, 6.07) is 12.1. The third kappa shape index (κ3) is 3.81. The zero-order valence-corrected chi connectivity index (χ0v) is 14.1. The van der Waals surface area contributed by atoms with Crippen LogP contribution in [0.15, 0.2) is 53.4 Å². The molecule has 0 spiro atoms. The highest BCUT2D eigenvalue weighted by molar-refractivity contribution is 9.09. The molecule has 0 heterocycles. The topological polar surface area (TPSA) is 51.2 Å². The Kier molecular flexibility index (Phi) is 5.13. The normalized spacial score (nSPS) is 14.3. The molecular weight excluding hydrogens is 371 g/mol. The van der Waals surface area contributed by atoms with Gasteiger partial charge < -0.3 is 4.79 Å². The van der Waals surface area contributed by atoms with E-state index in [4.69, 9.17) is 0 Å². The highest BCUT2D eigenvalue weighted by Crippen LogP contribution is 2.37. The number of hydrogen-bond donors (Lipinski definition) is 0. The van der Waals surface area contributed by atoms with Gasteiger partial charge in [0.25, 0.3) is 0 Å². The highest BCUT2D eigenvalue weighted by Gasteiger charge is 2.22. The minimum absolute atomic E-state index is 0.223. The summed E-state index contributed by atoms with van der Waals surface area (Å²) in [5, 5.41) is 0. The number of benzene rings is 2. The predicted octanol–water partition coefficient (Wildman–Crippen LogP) is 3.65. The molecule has 0 N–H and O–H groups in total. The smallest absolute Gasteiger partial charge is 0.175 e. The molecule has 2 aromatic rings. The average Bonchev–Trinajstić information content (AvgIpc) is 2.49. The zero-order chi connectivity index (χ0) is 16.3. The van der Waals surface area contributed by atoms with Crippen molar-refractivity contribution in [2.24, 2.45) is 0 Å². The average molecular weight is 385 g/mol. The van der Waals surface area contributed by atoms with Gasteiger partial charge in [-0.05, 0) is 35.4 Å². The van der Waals surface area contributed by atoms with Crippen LogP contribution >= 0.6 is 15.9 Å². The first-order valence-electron chi connectivity index (χ1n) is 6.48. The first-order valence-corrected chi connectivity index (χ1v) is 9.28. The fraction of sp³-hybridized carbons (Fsp3) is 0.188. The molecule has 0 aromatic heterocycles. The SMILES string of the molecule is CS(=O)(=O)c1ccc(C(Br)C(C=O)c2ccc(F)cc2)cc1. The maximum atomic E-state index is 13.0. The Balaban J connectivity index is 2.30. The van der Waals surface area contributed by atoms with E-state index in [0.29, 0.717) is 5.56 Å². The molecule has 0 aliphatic carbocycles. The fourth-order valence-corrected chi connectivity index (χ4v) is 3.47. The van der Waals surface area contributed by atoms with Gasteiger partial charge in [-0.3, -0.25) is 0 Å². The van der Waals surface area contributed by atoms with Gasteiger partial charge in [0.15, 0.2) is 9.84 Å². The van der Waals surface area contributed by atoms with Crippen LogP contribution in [0.2, 0.25) is 0 Å². The second-order valence-electron chi connectivity index (χ2n) is 4.96. The van der Waals surface area contributed by atoms with E-state index >= 15 is 0 Å². The molecule has 0 bridgehead atoms. The van der Waals surface area contributed by atoms with Gasteiger partial charge in [0.05, 0.1) is 15.6 Å². The van der Waals surface area contributed by atoms with Crippen molar-refractivity contribution in [2.45, 2.75) is 15.6 Å². The second kappa shape index (κ2) is 6.71. The van der Waals surface area contributed by atoms with E-state index in [1.54, 1.807) is 24.3 Å². The molecule has 0 fully saturated rings. The Bertz CT molecular complexity index is 755. The van der Waals surface area contributed by atoms with Crippen molar-refractivity contribution in [2.75, 3.05) is 6.26 Å². The van der Waals surface area contributed by atoms with Gasteiger partial charge in [-0.2, -0.15) is 0 Å². The minimum atomic E-state index is -3.25. The van der Waals surface area contributed by atoms with Gasteiger partial charge in [0.1, 0.15) is 12.1 Å². The molecule has 3 nitrogen and oxygen atoms in total. The van der Waals surface area contributed by atoms with Crippen LogP contribution in [0.25, 0.3) is 0 Å². The lowest BCUT2D eigenvalue weighted by Gasteiger charge is -2.18. The Morgan fingerprint density at radius 2 is 1.50 bits per heavy atom. The first-order chi connectivity index (χ1) is 10.3. The number of carbonyl (C=O) groups is 1. The molecule has 0 aliphatic heterocycles. The number of aldehydes is 1. The molecule has 2 unspecified atom stereocenters. The third-order valence-corrected chi connectivity index (χ3v) is 5.57. The number of rotatable bonds is 5. The summed E-state index contributed by atoms with van der Waals surface area (Å²) >= 11 is 3.47. The van der Waals surface area contributed by atoms with Crippen molar-refractivity contribution in [3.63, 3.8) is 0 Å². The van der Waals surface area contributed by atoms with E-state index in [1.165, 1.54) is 24.3 Å². The maximum Gasteiger partial charge on any atom is 0.175 e. The van der Waals surface area contributed by atoms with Crippen molar-refractivity contribution in [3.8, 4) is 0 Å². The van der Waals surface area contributed by atoms with Crippen LogP contribution < -0.4 is 0 Å². The van der Waals surface area contributed by atoms with Crippen molar-refractivity contribution >= 4 is 32.1 Å². The van der Waals surface area contributed by atoms with Crippen molar-refractivity contribution in [1.82, 2.24) is 0 Å². The lowest BCUT2D eigenvalue weighted by Crippen LogP contribution is -2.08. The van der Waals surface area contributed by atoms with E-state index in [0.717, 1.165) is 18.1 Å². The predicted molar refractivity (Wildman–Crippen MR) is 86.4 cm³/mol. The minimum Gasteiger partial charge on any atom is -0.303 e. The van der Waals surface area contributed by atoms with Gasteiger partial charge in [-0.15, -0.1) is 0 Å². The number of hydrogen-bond acceptors (Lipinski definition) is 3. The van der Waals surface area contributed by atoms with Crippen LogP contribution in [0, 0.1) is 5.82 Å². The number of halogens is 2. The Morgan fingerprint density at radius 1 is 1.00 bits per heavy atom. The van der Waals surface area contributed by atoms with Crippen molar-refractivity contribution in [1.29, 1.82) is 0 Å². The molecule has 22 heavy (non-hydrogen) atoms. The quantitative estimate of drug-likeness (QED) is 0.583. The Hall–Kier alpha value is -1.53. The third-order valence-electron chi connectivity index (χ3n) is 3.34.